The molecule has 2 aromatic rings. The van der Waals surface area contributed by atoms with Crippen LogP contribution in [0.15, 0.2) is 60.7 Å². The van der Waals surface area contributed by atoms with Crippen LogP contribution in [0.5, 0.6) is 0 Å². The van der Waals surface area contributed by atoms with Crippen molar-refractivity contribution < 1.29 is 23.8 Å². The summed E-state index contributed by atoms with van der Waals surface area (Å²) in [6.45, 7) is 3.61. The minimum atomic E-state index is -1.89. The van der Waals surface area contributed by atoms with E-state index >= 15 is 0 Å². The van der Waals surface area contributed by atoms with Gasteiger partial charge in [-0.3, -0.25) is 0 Å². The van der Waals surface area contributed by atoms with Gasteiger partial charge in [-0.15, -0.1) is 0 Å². The predicted molar refractivity (Wildman–Crippen MR) is 129 cm³/mol. The maximum atomic E-state index is 13.4. The Balaban J connectivity index is 1.63. The van der Waals surface area contributed by atoms with E-state index in [1.807, 2.05) is 50.2 Å². The number of amides is 1. The van der Waals surface area contributed by atoms with E-state index in [0.29, 0.717) is 0 Å². The normalized spacial score (nSPS) is 26.3. The Morgan fingerprint density at radius 2 is 1.62 bits per heavy atom. The number of ether oxygens (including phenoxy) is 3. The molecular weight excluding hydrogens is 447 g/mol. The molecule has 2 aliphatic heterocycles. The van der Waals surface area contributed by atoms with Gasteiger partial charge in [0.05, 0.1) is 0 Å². The summed E-state index contributed by atoms with van der Waals surface area (Å²) < 4.78 is 15.2. The zero-order valence-electron chi connectivity index (χ0n) is 18.6. The van der Waals surface area contributed by atoms with Crippen LogP contribution in [0.2, 0.25) is 0 Å². The van der Waals surface area contributed by atoms with Crippen molar-refractivity contribution in [2.45, 2.75) is 35.7 Å². The zero-order chi connectivity index (χ0) is 22.9. The number of carbonyl (C=O) groups is 2. The number of methoxy groups -OCH3 is 2. The van der Waals surface area contributed by atoms with E-state index in [1.165, 1.54) is 29.7 Å². The molecule has 1 amide bonds. The van der Waals surface area contributed by atoms with E-state index in [9.17, 15) is 9.59 Å². The Kier molecular flexibility index (Phi) is 6.61. The fourth-order valence-electron chi connectivity index (χ4n) is 4.58. The average molecular weight is 477 g/mol. The molecule has 2 fully saturated rings. The summed E-state index contributed by atoms with van der Waals surface area (Å²) in [5, 5.41) is 5.84. The molecule has 172 valence electrons. The van der Waals surface area contributed by atoms with Crippen LogP contribution in [0.3, 0.4) is 0 Å². The number of carbonyl (C=O) groups excluding carboxylic acids is 2. The summed E-state index contributed by atoms with van der Waals surface area (Å²) in [6.07, 6.45) is 0. The average Bonchev–Trinajstić information content (AvgIpc) is 3.03. The molecule has 0 bridgehead atoms. The standard InChI is InChI=1S/C23H29N2O5PS/c1-22(2)23(29-4,21(27)30-15-28-3)25-19(26)18(20(25)32-22)24-31(16-11-7-5-8-12-16)17-13-9-6-10-14-17/h5-14,18,20,24H,15,31H2,1-4H3/t18-,20+,23+/m0/s1. The van der Waals surface area contributed by atoms with Crippen molar-refractivity contribution in [1.29, 1.82) is 0 Å². The van der Waals surface area contributed by atoms with Crippen LogP contribution in [0.4, 0.5) is 0 Å². The topological polar surface area (TPSA) is 77.1 Å². The molecule has 0 unspecified atom stereocenters. The first-order valence-electron chi connectivity index (χ1n) is 10.5. The molecule has 4 rings (SSSR count). The summed E-state index contributed by atoms with van der Waals surface area (Å²) in [5.41, 5.74) is -1.51. The molecule has 32 heavy (non-hydrogen) atoms. The van der Waals surface area contributed by atoms with Crippen LogP contribution < -0.4 is 15.7 Å². The van der Waals surface area contributed by atoms with Gasteiger partial charge in [-0.25, -0.2) is 0 Å². The van der Waals surface area contributed by atoms with Crippen molar-refractivity contribution in [2.24, 2.45) is 0 Å². The molecule has 1 N–H and O–H groups in total. The second-order valence-electron chi connectivity index (χ2n) is 8.31. The first-order valence-corrected chi connectivity index (χ1v) is 13.1. The Morgan fingerprint density at radius 1 is 1.06 bits per heavy atom. The molecule has 2 heterocycles. The molecule has 0 spiro atoms. The molecule has 2 saturated heterocycles. The van der Waals surface area contributed by atoms with E-state index in [1.54, 1.807) is 11.8 Å². The number of esters is 1. The van der Waals surface area contributed by atoms with Crippen LogP contribution in [-0.2, 0) is 23.8 Å². The van der Waals surface area contributed by atoms with E-state index in [4.69, 9.17) is 14.2 Å². The fourth-order valence-corrected chi connectivity index (χ4v) is 9.11. The molecule has 0 saturated carbocycles. The number of rotatable bonds is 8. The van der Waals surface area contributed by atoms with E-state index in [0.717, 1.165) is 0 Å². The number of hydrogen-bond donors (Lipinski definition) is 1. The van der Waals surface area contributed by atoms with Crippen LogP contribution in [0.25, 0.3) is 0 Å². The van der Waals surface area contributed by atoms with E-state index in [2.05, 4.69) is 29.4 Å². The first-order chi connectivity index (χ1) is 15.4. The van der Waals surface area contributed by atoms with Crippen LogP contribution in [0.1, 0.15) is 13.8 Å². The van der Waals surface area contributed by atoms with Gasteiger partial charge in [0.25, 0.3) is 0 Å². The fraction of sp³-hybridized carbons (Fsp3) is 0.391. The Hall–Kier alpha value is -1.96. The van der Waals surface area contributed by atoms with Gasteiger partial charge in [0.1, 0.15) is 0 Å². The number of β-lactam (4-membered cyclic amide) rings is 1. The third kappa shape index (κ3) is 3.64. The molecule has 7 nitrogen and oxygen atoms in total. The molecular formula is C23H29N2O5PS. The number of hydrogen-bond acceptors (Lipinski definition) is 7. The van der Waals surface area contributed by atoms with Gasteiger partial charge in [-0.2, -0.15) is 0 Å². The summed E-state index contributed by atoms with van der Waals surface area (Å²) in [6, 6.07) is 20.0. The van der Waals surface area contributed by atoms with Crippen molar-refractivity contribution >= 4 is 42.3 Å². The van der Waals surface area contributed by atoms with E-state index < -0.39 is 30.6 Å². The van der Waals surface area contributed by atoms with Gasteiger partial charge in [0, 0.05) is 0 Å². The number of thioether (sulfide) groups is 1. The first kappa shape index (κ1) is 23.2. The molecule has 9 heteroatoms. The predicted octanol–water partition coefficient (Wildman–Crippen LogP) is 1.64. The van der Waals surface area contributed by atoms with Crippen molar-refractivity contribution in [3.8, 4) is 0 Å². The maximum absolute atomic E-state index is 13.4. The molecule has 3 atom stereocenters. The molecule has 0 aromatic heterocycles. The van der Waals surface area contributed by atoms with Crippen LogP contribution >= 0.6 is 19.8 Å². The Labute approximate surface area is 193 Å². The van der Waals surface area contributed by atoms with Gasteiger partial charge in [0.15, 0.2) is 0 Å². The van der Waals surface area contributed by atoms with Gasteiger partial charge >= 0.3 is 194 Å². The Bertz CT molecular complexity index is 937. The summed E-state index contributed by atoms with van der Waals surface area (Å²) in [7, 11) is 0.993. The van der Waals surface area contributed by atoms with Crippen molar-refractivity contribution in [3.05, 3.63) is 60.7 Å². The number of fused-ring (bicyclic) bond motifs is 1. The Morgan fingerprint density at radius 3 is 2.12 bits per heavy atom. The minimum absolute atomic E-state index is 0.159. The van der Waals surface area contributed by atoms with Gasteiger partial charge in [0.2, 0.25) is 0 Å². The molecule has 2 aliphatic rings. The van der Waals surface area contributed by atoms with Crippen molar-refractivity contribution in [1.82, 2.24) is 9.99 Å². The number of nitrogens with one attached hydrogen (secondary N) is 1. The van der Waals surface area contributed by atoms with Gasteiger partial charge < -0.3 is 0 Å². The molecule has 0 radical (unpaired) electrons. The second-order valence-corrected chi connectivity index (χ2v) is 12.6. The molecule has 0 aliphatic carbocycles. The molecule has 2 aromatic carbocycles. The third-order valence-corrected chi connectivity index (χ3v) is 10.5. The summed E-state index contributed by atoms with van der Waals surface area (Å²) in [4.78, 5) is 28.0. The van der Waals surface area contributed by atoms with Crippen molar-refractivity contribution in [3.63, 3.8) is 0 Å². The van der Waals surface area contributed by atoms with Crippen LogP contribution in [-0.4, -0.2) is 59.7 Å². The van der Waals surface area contributed by atoms with Crippen LogP contribution in [0, 0.1) is 0 Å². The quantitative estimate of drug-likeness (QED) is 0.269. The summed E-state index contributed by atoms with van der Waals surface area (Å²) in [5.74, 6) is -0.776. The third-order valence-electron chi connectivity index (χ3n) is 6.11. The monoisotopic (exact) mass is 476 g/mol. The second kappa shape index (κ2) is 9.12. The van der Waals surface area contributed by atoms with Crippen molar-refractivity contribution in [2.75, 3.05) is 21.0 Å². The zero-order valence-corrected chi connectivity index (χ0v) is 20.6. The summed E-state index contributed by atoms with van der Waals surface area (Å²) >= 11 is 1.55. The van der Waals surface area contributed by atoms with E-state index in [-0.39, 0.29) is 18.1 Å². The SMILES string of the molecule is COCOC(=O)[C@]1(OC)N2C(=O)[C@H](N[PH2](c3ccccc3)c3ccccc3)[C@H]2SC1(C)C. The number of benzene rings is 2. The number of nitrogens with zero attached hydrogens (tertiary/aromatic N) is 1. The van der Waals surface area contributed by atoms with Gasteiger partial charge in [-0.1, -0.05) is 0 Å². The van der Waals surface area contributed by atoms with Gasteiger partial charge in [-0.05, 0) is 0 Å².